The van der Waals surface area contributed by atoms with Crippen LogP contribution in [0, 0.1) is 0 Å². The lowest BCUT2D eigenvalue weighted by atomic mass is 10.4. The molecule has 1 heterocycles. The SMILES string of the molecule is CCOC(=O)CCNc1nc(CC)cs1. The quantitative estimate of drug-likeness (QED) is 0.757. The van der Waals surface area contributed by atoms with Crippen molar-refractivity contribution in [1.29, 1.82) is 0 Å². The Morgan fingerprint density at radius 1 is 1.60 bits per heavy atom. The summed E-state index contributed by atoms with van der Waals surface area (Å²) in [7, 11) is 0. The molecule has 0 radical (unpaired) electrons. The summed E-state index contributed by atoms with van der Waals surface area (Å²) in [6.07, 6.45) is 1.32. The van der Waals surface area contributed by atoms with E-state index in [2.05, 4.69) is 17.2 Å². The van der Waals surface area contributed by atoms with Crippen LogP contribution in [0.15, 0.2) is 5.38 Å². The van der Waals surface area contributed by atoms with Gasteiger partial charge >= 0.3 is 5.97 Å². The summed E-state index contributed by atoms with van der Waals surface area (Å²) in [6, 6.07) is 0. The average Bonchev–Trinajstić information content (AvgIpc) is 2.66. The molecule has 0 aliphatic heterocycles. The summed E-state index contributed by atoms with van der Waals surface area (Å²) in [6.45, 7) is 4.89. The minimum atomic E-state index is -0.169. The summed E-state index contributed by atoms with van der Waals surface area (Å²) in [5.74, 6) is -0.169. The lowest BCUT2D eigenvalue weighted by Gasteiger charge is -2.02. The molecule has 84 valence electrons. The summed E-state index contributed by atoms with van der Waals surface area (Å²) in [5.41, 5.74) is 1.08. The minimum absolute atomic E-state index is 0.169. The van der Waals surface area contributed by atoms with Gasteiger partial charge in [-0.05, 0) is 13.3 Å². The van der Waals surface area contributed by atoms with E-state index in [0.29, 0.717) is 19.6 Å². The van der Waals surface area contributed by atoms with Gasteiger partial charge < -0.3 is 10.1 Å². The number of rotatable bonds is 6. The lowest BCUT2D eigenvalue weighted by molar-refractivity contribution is -0.142. The van der Waals surface area contributed by atoms with E-state index in [4.69, 9.17) is 4.74 Å². The monoisotopic (exact) mass is 228 g/mol. The Bertz CT molecular complexity index is 312. The van der Waals surface area contributed by atoms with Gasteiger partial charge in [-0.3, -0.25) is 4.79 Å². The number of nitrogens with one attached hydrogen (secondary N) is 1. The minimum Gasteiger partial charge on any atom is -0.466 e. The van der Waals surface area contributed by atoms with Crippen LogP contribution in [0.25, 0.3) is 0 Å². The number of nitrogens with zero attached hydrogens (tertiary/aromatic N) is 1. The molecule has 0 unspecified atom stereocenters. The molecule has 15 heavy (non-hydrogen) atoms. The highest BCUT2D eigenvalue weighted by Crippen LogP contribution is 2.15. The summed E-state index contributed by atoms with van der Waals surface area (Å²) in [4.78, 5) is 15.3. The van der Waals surface area contributed by atoms with Crippen LogP contribution in [0.2, 0.25) is 0 Å². The zero-order valence-electron chi connectivity index (χ0n) is 9.08. The zero-order valence-corrected chi connectivity index (χ0v) is 9.89. The van der Waals surface area contributed by atoms with Crippen LogP contribution < -0.4 is 5.32 Å². The van der Waals surface area contributed by atoms with Crippen molar-refractivity contribution in [1.82, 2.24) is 4.98 Å². The molecule has 4 nitrogen and oxygen atoms in total. The molecule has 1 rings (SSSR count). The Morgan fingerprint density at radius 2 is 2.40 bits per heavy atom. The average molecular weight is 228 g/mol. The number of aromatic nitrogens is 1. The number of hydrogen-bond donors (Lipinski definition) is 1. The number of ether oxygens (including phenoxy) is 1. The molecule has 0 saturated heterocycles. The Balaban J connectivity index is 2.22. The number of carbonyl (C=O) groups excluding carboxylic acids is 1. The molecule has 0 atom stereocenters. The Kier molecular flexibility index (Phi) is 5.10. The number of carbonyl (C=O) groups is 1. The second kappa shape index (κ2) is 6.40. The maximum atomic E-state index is 11.0. The number of thiazole rings is 1. The van der Waals surface area contributed by atoms with Gasteiger partial charge in [0.15, 0.2) is 5.13 Å². The van der Waals surface area contributed by atoms with Crippen molar-refractivity contribution in [2.45, 2.75) is 26.7 Å². The largest absolute Gasteiger partial charge is 0.466 e. The summed E-state index contributed by atoms with van der Waals surface area (Å²) in [5, 5.41) is 5.99. The molecule has 1 N–H and O–H groups in total. The first-order valence-electron chi connectivity index (χ1n) is 5.10. The third kappa shape index (κ3) is 4.29. The smallest absolute Gasteiger partial charge is 0.307 e. The second-order valence-corrected chi connectivity index (χ2v) is 3.84. The fourth-order valence-corrected chi connectivity index (χ4v) is 1.88. The molecule has 0 aromatic carbocycles. The van der Waals surface area contributed by atoms with Crippen LogP contribution in [0.4, 0.5) is 5.13 Å². The highest BCUT2D eigenvalue weighted by molar-refractivity contribution is 7.13. The first-order chi connectivity index (χ1) is 7.26. The third-order valence-electron chi connectivity index (χ3n) is 1.82. The van der Waals surface area contributed by atoms with E-state index in [0.717, 1.165) is 17.2 Å². The molecule has 1 aromatic rings. The fourth-order valence-electron chi connectivity index (χ4n) is 1.06. The van der Waals surface area contributed by atoms with E-state index in [9.17, 15) is 4.79 Å². The van der Waals surface area contributed by atoms with Crippen LogP contribution >= 0.6 is 11.3 Å². The van der Waals surface area contributed by atoms with Crippen molar-refractivity contribution < 1.29 is 9.53 Å². The second-order valence-electron chi connectivity index (χ2n) is 2.98. The van der Waals surface area contributed by atoms with Crippen molar-refractivity contribution in [2.24, 2.45) is 0 Å². The third-order valence-corrected chi connectivity index (χ3v) is 2.67. The molecular weight excluding hydrogens is 212 g/mol. The first-order valence-corrected chi connectivity index (χ1v) is 5.98. The molecule has 0 bridgehead atoms. The fraction of sp³-hybridized carbons (Fsp3) is 0.600. The maximum Gasteiger partial charge on any atom is 0.307 e. The predicted octanol–water partition coefficient (Wildman–Crippen LogP) is 2.07. The standard InChI is InChI=1S/C10H16N2O2S/c1-3-8-7-15-10(12-8)11-6-5-9(13)14-4-2/h7H,3-6H2,1-2H3,(H,11,12). The lowest BCUT2D eigenvalue weighted by Crippen LogP contribution is -2.11. The van der Waals surface area contributed by atoms with Crippen molar-refractivity contribution in [3.63, 3.8) is 0 Å². The van der Waals surface area contributed by atoms with Crippen molar-refractivity contribution in [3.05, 3.63) is 11.1 Å². The van der Waals surface area contributed by atoms with E-state index in [1.54, 1.807) is 18.3 Å². The number of esters is 1. The van der Waals surface area contributed by atoms with Crippen LogP contribution in [-0.4, -0.2) is 24.1 Å². The molecule has 0 fully saturated rings. The summed E-state index contributed by atoms with van der Waals surface area (Å²) >= 11 is 1.56. The van der Waals surface area contributed by atoms with Gasteiger partial charge in [-0.25, -0.2) is 4.98 Å². The Morgan fingerprint density at radius 3 is 3.00 bits per heavy atom. The van der Waals surface area contributed by atoms with Gasteiger partial charge in [0, 0.05) is 11.9 Å². The maximum absolute atomic E-state index is 11.0. The van der Waals surface area contributed by atoms with E-state index in [1.807, 2.05) is 5.38 Å². The predicted molar refractivity (Wildman–Crippen MR) is 61.2 cm³/mol. The van der Waals surface area contributed by atoms with Gasteiger partial charge in [0.2, 0.25) is 0 Å². The molecule has 0 amide bonds. The summed E-state index contributed by atoms with van der Waals surface area (Å²) < 4.78 is 4.81. The molecule has 0 aliphatic rings. The van der Waals surface area contributed by atoms with Gasteiger partial charge in [0.1, 0.15) is 0 Å². The molecule has 0 aliphatic carbocycles. The van der Waals surface area contributed by atoms with Crippen molar-refractivity contribution >= 4 is 22.4 Å². The Hall–Kier alpha value is -1.10. The highest BCUT2D eigenvalue weighted by atomic mass is 32.1. The van der Waals surface area contributed by atoms with E-state index < -0.39 is 0 Å². The molecule has 0 spiro atoms. The van der Waals surface area contributed by atoms with Crippen molar-refractivity contribution in [2.75, 3.05) is 18.5 Å². The number of hydrogen-bond acceptors (Lipinski definition) is 5. The first kappa shape index (κ1) is 12.0. The molecular formula is C10H16N2O2S. The zero-order chi connectivity index (χ0) is 11.1. The van der Waals surface area contributed by atoms with E-state index >= 15 is 0 Å². The van der Waals surface area contributed by atoms with Gasteiger partial charge in [-0.15, -0.1) is 11.3 Å². The number of aryl methyl sites for hydroxylation is 1. The van der Waals surface area contributed by atoms with Crippen molar-refractivity contribution in [3.8, 4) is 0 Å². The normalized spacial score (nSPS) is 10.0. The van der Waals surface area contributed by atoms with Gasteiger partial charge in [-0.1, -0.05) is 6.92 Å². The van der Waals surface area contributed by atoms with Crippen LogP contribution in [0.5, 0.6) is 0 Å². The molecule has 0 saturated carbocycles. The molecule has 5 heteroatoms. The number of anilines is 1. The topological polar surface area (TPSA) is 51.2 Å². The van der Waals surface area contributed by atoms with Gasteiger partial charge in [0.05, 0.1) is 18.7 Å². The van der Waals surface area contributed by atoms with Gasteiger partial charge in [0.25, 0.3) is 0 Å². The van der Waals surface area contributed by atoms with E-state index in [1.165, 1.54) is 0 Å². The van der Waals surface area contributed by atoms with Gasteiger partial charge in [-0.2, -0.15) is 0 Å². The van der Waals surface area contributed by atoms with E-state index in [-0.39, 0.29) is 5.97 Å². The van der Waals surface area contributed by atoms with Crippen LogP contribution in [-0.2, 0) is 16.0 Å². The molecule has 1 aromatic heterocycles. The highest BCUT2D eigenvalue weighted by Gasteiger charge is 2.02. The van der Waals surface area contributed by atoms with Crippen LogP contribution in [0.1, 0.15) is 26.0 Å². The Labute approximate surface area is 93.7 Å². The van der Waals surface area contributed by atoms with Crippen LogP contribution in [0.3, 0.4) is 0 Å².